The summed E-state index contributed by atoms with van der Waals surface area (Å²) in [6.45, 7) is 12.8. The van der Waals surface area contributed by atoms with Crippen molar-refractivity contribution in [2.24, 2.45) is 0 Å². The second-order valence-electron chi connectivity index (χ2n) is 8.45. The molecule has 2 N–H and O–H groups in total. The summed E-state index contributed by atoms with van der Waals surface area (Å²) in [5, 5.41) is 13.2. The Bertz CT molecular complexity index is 697. The molecule has 10 nitrogen and oxygen atoms in total. The maximum atomic E-state index is 12.0. The number of nitrogens with zero attached hydrogens (tertiary/aromatic N) is 2. The Morgan fingerprint density at radius 3 is 2.17 bits per heavy atom. The number of methoxy groups -OCH3 is 1. The van der Waals surface area contributed by atoms with Gasteiger partial charge in [0.2, 0.25) is 0 Å². The first-order valence-corrected chi connectivity index (χ1v) is 9.27. The highest BCUT2D eigenvalue weighted by Gasteiger charge is 2.19. The lowest BCUT2D eigenvalue weighted by atomic mass is 10.2. The number of carbonyl (C=O) groups excluding carboxylic acids is 2. The van der Waals surface area contributed by atoms with Gasteiger partial charge in [0.05, 0.1) is 32.1 Å². The van der Waals surface area contributed by atoms with Gasteiger partial charge in [0.15, 0.2) is 0 Å². The summed E-state index contributed by atoms with van der Waals surface area (Å²) >= 11 is 0. The fourth-order valence-electron chi connectivity index (χ4n) is 2.04. The lowest BCUT2D eigenvalue weighted by Gasteiger charge is -2.22. The van der Waals surface area contributed by atoms with Crippen LogP contribution < -0.4 is 15.4 Å². The minimum absolute atomic E-state index is 0.125. The van der Waals surface area contributed by atoms with E-state index in [0.29, 0.717) is 11.4 Å². The van der Waals surface area contributed by atoms with E-state index in [1.165, 1.54) is 7.11 Å². The topological polar surface area (TPSA) is 121 Å². The van der Waals surface area contributed by atoms with Gasteiger partial charge in [-0.05, 0) is 54.5 Å². The summed E-state index contributed by atoms with van der Waals surface area (Å²) in [6, 6.07) is 1.32. The molecule has 2 amide bonds. The van der Waals surface area contributed by atoms with Crippen molar-refractivity contribution in [2.75, 3.05) is 19.0 Å². The average molecular weight is 412 g/mol. The van der Waals surface area contributed by atoms with Gasteiger partial charge in [0.1, 0.15) is 16.9 Å². The fraction of sp³-hybridized carbons (Fsp3) is 0.684. The third-order valence-electron chi connectivity index (χ3n) is 3.02. The first kappa shape index (κ1) is 24.4. The molecule has 0 aliphatic carbocycles. The van der Waals surface area contributed by atoms with E-state index < -0.39 is 23.4 Å². The van der Waals surface area contributed by atoms with Crippen LogP contribution in [0, 0.1) is 0 Å². The number of ether oxygens (including phenoxy) is 4. The highest BCUT2D eigenvalue weighted by molar-refractivity contribution is 5.86. The molecule has 0 spiro atoms. The zero-order chi connectivity index (χ0) is 22.2. The van der Waals surface area contributed by atoms with Crippen LogP contribution in [0.15, 0.2) is 6.07 Å². The average Bonchev–Trinajstić information content (AvgIpc) is 2.51. The van der Waals surface area contributed by atoms with Crippen molar-refractivity contribution < 1.29 is 28.5 Å². The third kappa shape index (κ3) is 10.5. The SMILES string of the molecule is COc1nnc(COCC(C)NC(=O)OC(C)(C)C)cc1NC(=O)OC(C)(C)C. The Labute approximate surface area is 171 Å². The van der Waals surface area contributed by atoms with Crippen LogP contribution in [0.4, 0.5) is 15.3 Å². The van der Waals surface area contributed by atoms with E-state index in [1.54, 1.807) is 54.5 Å². The number of nitrogens with one attached hydrogen (secondary N) is 2. The minimum Gasteiger partial charge on any atom is -0.478 e. The van der Waals surface area contributed by atoms with E-state index >= 15 is 0 Å². The molecule has 0 bridgehead atoms. The Hall–Kier alpha value is -2.62. The zero-order valence-corrected chi connectivity index (χ0v) is 18.4. The number of amides is 2. The molecular formula is C19H32N4O6. The van der Waals surface area contributed by atoms with Gasteiger partial charge in [-0.15, -0.1) is 10.2 Å². The van der Waals surface area contributed by atoms with Gasteiger partial charge in [-0.2, -0.15) is 0 Å². The van der Waals surface area contributed by atoms with E-state index in [1.807, 2.05) is 0 Å². The van der Waals surface area contributed by atoms with Crippen molar-refractivity contribution in [3.8, 4) is 5.88 Å². The molecule has 0 saturated carbocycles. The molecule has 0 fully saturated rings. The van der Waals surface area contributed by atoms with Gasteiger partial charge in [-0.1, -0.05) is 0 Å². The fourth-order valence-corrected chi connectivity index (χ4v) is 2.04. The maximum Gasteiger partial charge on any atom is 0.412 e. The quantitative estimate of drug-likeness (QED) is 0.700. The van der Waals surface area contributed by atoms with Crippen molar-refractivity contribution in [1.82, 2.24) is 15.5 Å². The number of anilines is 1. The summed E-state index contributed by atoms with van der Waals surface area (Å²) in [6.07, 6.45) is -1.15. The van der Waals surface area contributed by atoms with Gasteiger partial charge < -0.3 is 24.3 Å². The second kappa shape index (κ2) is 10.2. The largest absolute Gasteiger partial charge is 0.478 e. The number of rotatable bonds is 7. The van der Waals surface area contributed by atoms with Gasteiger partial charge in [0.25, 0.3) is 5.88 Å². The summed E-state index contributed by atoms with van der Waals surface area (Å²) in [4.78, 5) is 23.7. The number of aromatic nitrogens is 2. The molecule has 1 aromatic rings. The molecule has 10 heteroatoms. The van der Waals surface area contributed by atoms with Crippen LogP contribution in [-0.2, 0) is 20.8 Å². The number of hydrogen-bond donors (Lipinski definition) is 2. The zero-order valence-electron chi connectivity index (χ0n) is 18.4. The standard InChI is InChI=1S/C19H32N4O6/c1-12(20-16(24)28-18(2,3)4)10-27-11-13-9-14(15(26-8)23-22-13)21-17(25)29-19(5,6)7/h9,12H,10-11H2,1-8H3,(H,20,24)(H,21,22,25). The summed E-state index contributed by atoms with van der Waals surface area (Å²) in [5.41, 5.74) is -0.418. The van der Waals surface area contributed by atoms with Crippen molar-refractivity contribution in [3.05, 3.63) is 11.8 Å². The lowest BCUT2D eigenvalue weighted by Crippen LogP contribution is -2.39. The first-order chi connectivity index (χ1) is 13.3. The van der Waals surface area contributed by atoms with Crippen molar-refractivity contribution in [3.63, 3.8) is 0 Å². The summed E-state index contributed by atoms with van der Waals surface area (Å²) in [7, 11) is 1.42. The van der Waals surface area contributed by atoms with Crippen LogP contribution in [0.1, 0.15) is 54.2 Å². The molecule has 0 saturated heterocycles. The second-order valence-corrected chi connectivity index (χ2v) is 8.45. The van der Waals surface area contributed by atoms with Crippen molar-refractivity contribution in [2.45, 2.75) is 72.3 Å². The molecule has 0 aromatic carbocycles. The molecule has 1 unspecified atom stereocenters. The van der Waals surface area contributed by atoms with Crippen LogP contribution in [-0.4, -0.2) is 53.3 Å². The van der Waals surface area contributed by atoms with E-state index in [-0.39, 0.29) is 25.1 Å². The molecule has 0 aliphatic rings. The van der Waals surface area contributed by atoms with E-state index in [2.05, 4.69) is 20.8 Å². The van der Waals surface area contributed by atoms with Gasteiger partial charge in [0, 0.05) is 0 Å². The molecule has 1 rings (SSSR count). The first-order valence-electron chi connectivity index (χ1n) is 9.27. The molecule has 0 radical (unpaired) electrons. The molecular weight excluding hydrogens is 380 g/mol. The Balaban J connectivity index is 2.60. The third-order valence-corrected chi connectivity index (χ3v) is 3.02. The van der Waals surface area contributed by atoms with Crippen LogP contribution >= 0.6 is 0 Å². The predicted octanol–water partition coefficient (Wildman–Crippen LogP) is 3.26. The molecule has 0 aliphatic heterocycles. The number of carbonyl (C=O) groups is 2. The Morgan fingerprint density at radius 1 is 1.03 bits per heavy atom. The van der Waals surface area contributed by atoms with Crippen LogP contribution in [0.2, 0.25) is 0 Å². The Morgan fingerprint density at radius 2 is 1.62 bits per heavy atom. The molecule has 1 aromatic heterocycles. The molecule has 29 heavy (non-hydrogen) atoms. The summed E-state index contributed by atoms with van der Waals surface area (Å²) in [5.74, 6) is 0.152. The van der Waals surface area contributed by atoms with E-state index in [9.17, 15) is 9.59 Å². The predicted molar refractivity (Wildman–Crippen MR) is 107 cm³/mol. The highest BCUT2D eigenvalue weighted by atomic mass is 16.6. The van der Waals surface area contributed by atoms with Gasteiger partial charge >= 0.3 is 12.2 Å². The van der Waals surface area contributed by atoms with Crippen LogP contribution in [0.3, 0.4) is 0 Å². The maximum absolute atomic E-state index is 12.0. The normalized spacial score (nSPS) is 12.7. The van der Waals surface area contributed by atoms with Gasteiger partial charge in [-0.3, -0.25) is 5.32 Å². The summed E-state index contributed by atoms with van der Waals surface area (Å²) < 4.78 is 21.1. The molecule has 1 atom stereocenters. The monoisotopic (exact) mass is 412 g/mol. The van der Waals surface area contributed by atoms with E-state index in [0.717, 1.165) is 0 Å². The van der Waals surface area contributed by atoms with E-state index in [4.69, 9.17) is 18.9 Å². The Kier molecular flexibility index (Phi) is 8.62. The van der Waals surface area contributed by atoms with Crippen LogP contribution in [0.25, 0.3) is 0 Å². The smallest absolute Gasteiger partial charge is 0.412 e. The highest BCUT2D eigenvalue weighted by Crippen LogP contribution is 2.22. The van der Waals surface area contributed by atoms with Gasteiger partial charge in [-0.25, -0.2) is 9.59 Å². The number of hydrogen-bond acceptors (Lipinski definition) is 8. The molecule has 164 valence electrons. The molecule has 1 heterocycles. The number of alkyl carbamates (subject to hydrolysis) is 1. The van der Waals surface area contributed by atoms with Crippen LogP contribution in [0.5, 0.6) is 5.88 Å². The van der Waals surface area contributed by atoms with Crippen molar-refractivity contribution in [1.29, 1.82) is 0 Å². The van der Waals surface area contributed by atoms with Crippen molar-refractivity contribution >= 4 is 17.9 Å². The minimum atomic E-state index is -0.638. The lowest BCUT2D eigenvalue weighted by molar-refractivity contribution is 0.0439.